The molecule has 8 nitrogen and oxygen atoms in total. The zero-order valence-electron chi connectivity index (χ0n) is 12.7. The molecule has 1 aliphatic rings. The van der Waals surface area contributed by atoms with Crippen molar-refractivity contribution in [1.29, 1.82) is 0 Å². The molecule has 1 aliphatic heterocycles. The molecule has 0 radical (unpaired) electrons. The molecule has 1 saturated heterocycles. The standard InChI is InChI=1S/C14H16N4O4S2/c19-13(15-4-6-18-5-1-7-24(18,21)22)14(20)17-10-2-3-12-11(8-10)16-9-23-12/h2-3,8-9H,1,4-7H2,(H,15,19)(H,17,20). The van der Waals surface area contributed by atoms with Crippen molar-refractivity contribution >= 4 is 49.1 Å². The molecule has 0 unspecified atom stereocenters. The van der Waals surface area contributed by atoms with Crippen LogP contribution in [0, 0.1) is 0 Å². The number of benzene rings is 1. The number of fused-ring (bicyclic) bond motifs is 1. The van der Waals surface area contributed by atoms with Crippen LogP contribution in [0.4, 0.5) is 5.69 Å². The Balaban J connectivity index is 1.50. The molecule has 0 aliphatic carbocycles. The normalized spacial score (nSPS) is 17.0. The molecule has 2 aromatic rings. The van der Waals surface area contributed by atoms with Gasteiger partial charge in [0, 0.05) is 25.3 Å². The van der Waals surface area contributed by atoms with Crippen molar-refractivity contribution in [3.8, 4) is 0 Å². The van der Waals surface area contributed by atoms with Crippen LogP contribution >= 0.6 is 11.3 Å². The Hall–Kier alpha value is -2.04. The van der Waals surface area contributed by atoms with E-state index in [9.17, 15) is 18.0 Å². The van der Waals surface area contributed by atoms with E-state index in [1.165, 1.54) is 15.6 Å². The molecule has 0 bridgehead atoms. The van der Waals surface area contributed by atoms with Gasteiger partial charge in [-0.2, -0.15) is 0 Å². The third-order valence-corrected chi connectivity index (χ3v) is 6.41. The number of hydrogen-bond donors (Lipinski definition) is 2. The van der Waals surface area contributed by atoms with Gasteiger partial charge in [0.25, 0.3) is 0 Å². The molecule has 24 heavy (non-hydrogen) atoms. The summed E-state index contributed by atoms with van der Waals surface area (Å²) >= 11 is 1.49. The highest BCUT2D eigenvalue weighted by atomic mass is 32.2. The number of hydrogen-bond acceptors (Lipinski definition) is 6. The van der Waals surface area contributed by atoms with Crippen LogP contribution in [0.2, 0.25) is 0 Å². The Morgan fingerprint density at radius 3 is 2.88 bits per heavy atom. The zero-order valence-corrected chi connectivity index (χ0v) is 14.3. The van der Waals surface area contributed by atoms with Crippen LogP contribution in [0.1, 0.15) is 6.42 Å². The molecular formula is C14H16N4O4S2. The summed E-state index contributed by atoms with van der Waals surface area (Å²) in [5, 5.41) is 4.93. The van der Waals surface area contributed by atoms with E-state index in [0.29, 0.717) is 18.7 Å². The number of amides is 2. The molecule has 2 amide bonds. The lowest BCUT2D eigenvalue weighted by atomic mass is 10.3. The highest BCUT2D eigenvalue weighted by Gasteiger charge is 2.27. The van der Waals surface area contributed by atoms with Gasteiger partial charge in [-0.25, -0.2) is 17.7 Å². The summed E-state index contributed by atoms with van der Waals surface area (Å²) in [6, 6.07) is 5.20. The van der Waals surface area contributed by atoms with Crippen LogP contribution in [0.5, 0.6) is 0 Å². The summed E-state index contributed by atoms with van der Waals surface area (Å²) in [5.41, 5.74) is 2.93. The molecule has 1 aromatic heterocycles. The number of anilines is 1. The monoisotopic (exact) mass is 368 g/mol. The highest BCUT2D eigenvalue weighted by molar-refractivity contribution is 7.89. The predicted octanol–water partition coefficient (Wildman–Crippen LogP) is 0.386. The van der Waals surface area contributed by atoms with E-state index >= 15 is 0 Å². The third-order valence-electron chi connectivity index (χ3n) is 3.64. The molecule has 0 saturated carbocycles. The molecule has 0 spiro atoms. The van der Waals surface area contributed by atoms with E-state index in [2.05, 4.69) is 15.6 Å². The lowest BCUT2D eigenvalue weighted by molar-refractivity contribution is -0.136. The number of nitrogens with one attached hydrogen (secondary N) is 2. The second kappa shape index (κ2) is 6.83. The van der Waals surface area contributed by atoms with Crippen molar-refractivity contribution in [3.05, 3.63) is 23.7 Å². The molecule has 3 rings (SSSR count). The summed E-state index contributed by atoms with van der Waals surface area (Å²) in [6.07, 6.45) is 0.593. The van der Waals surface area contributed by atoms with E-state index < -0.39 is 21.8 Å². The van der Waals surface area contributed by atoms with Gasteiger partial charge in [-0.05, 0) is 24.6 Å². The zero-order chi connectivity index (χ0) is 17.2. The number of carbonyl (C=O) groups excluding carboxylic acids is 2. The Labute approximate surface area is 142 Å². The van der Waals surface area contributed by atoms with Gasteiger partial charge in [0.15, 0.2) is 0 Å². The fourth-order valence-electron chi connectivity index (χ4n) is 2.44. The predicted molar refractivity (Wildman–Crippen MR) is 91.2 cm³/mol. The van der Waals surface area contributed by atoms with Crippen LogP contribution in [0.25, 0.3) is 10.2 Å². The lowest BCUT2D eigenvalue weighted by Gasteiger charge is -2.14. The molecule has 1 fully saturated rings. The maximum Gasteiger partial charge on any atom is 0.313 e. The largest absolute Gasteiger partial charge is 0.347 e. The molecule has 1 aromatic carbocycles. The van der Waals surface area contributed by atoms with Gasteiger partial charge in [0.1, 0.15) is 0 Å². The van der Waals surface area contributed by atoms with E-state index in [0.717, 1.165) is 10.2 Å². The van der Waals surface area contributed by atoms with Crippen molar-refractivity contribution in [2.24, 2.45) is 0 Å². The van der Waals surface area contributed by atoms with Crippen LogP contribution in [0.15, 0.2) is 23.7 Å². The average molecular weight is 368 g/mol. The summed E-state index contributed by atoms with van der Waals surface area (Å²) < 4.78 is 25.6. The summed E-state index contributed by atoms with van der Waals surface area (Å²) in [5.74, 6) is -1.46. The SMILES string of the molecule is O=C(NCCN1CCCS1(=O)=O)C(=O)Nc1ccc2scnc2c1. The molecule has 2 heterocycles. The van der Waals surface area contributed by atoms with Gasteiger partial charge in [0.2, 0.25) is 10.0 Å². The fraction of sp³-hybridized carbons (Fsp3) is 0.357. The second-order valence-corrected chi connectivity index (χ2v) is 8.29. The molecule has 2 N–H and O–H groups in total. The lowest BCUT2D eigenvalue weighted by Crippen LogP contribution is -2.40. The first kappa shape index (κ1) is 16.8. The van der Waals surface area contributed by atoms with Gasteiger partial charge in [-0.1, -0.05) is 0 Å². The quantitative estimate of drug-likeness (QED) is 0.759. The van der Waals surface area contributed by atoms with Gasteiger partial charge >= 0.3 is 11.8 Å². The van der Waals surface area contributed by atoms with Crippen molar-refractivity contribution in [2.75, 3.05) is 30.7 Å². The van der Waals surface area contributed by atoms with Crippen molar-refractivity contribution < 1.29 is 18.0 Å². The van der Waals surface area contributed by atoms with Crippen LogP contribution in [0.3, 0.4) is 0 Å². The smallest absolute Gasteiger partial charge is 0.313 e. The van der Waals surface area contributed by atoms with Crippen molar-refractivity contribution in [3.63, 3.8) is 0 Å². The van der Waals surface area contributed by atoms with Crippen molar-refractivity contribution in [1.82, 2.24) is 14.6 Å². The van der Waals surface area contributed by atoms with Crippen LogP contribution < -0.4 is 10.6 Å². The molecule has 128 valence electrons. The minimum atomic E-state index is -3.19. The van der Waals surface area contributed by atoms with E-state index in [-0.39, 0.29) is 18.8 Å². The fourth-order valence-corrected chi connectivity index (χ4v) is 4.63. The molecule has 0 atom stereocenters. The second-order valence-electron chi connectivity index (χ2n) is 5.31. The van der Waals surface area contributed by atoms with Crippen LogP contribution in [-0.4, -0.2) is 54.9 Å². The molecular weight excluding hydrogens is 352 g/mol. The van der Waals surface area contributed by atoms with E-state index in [4.69, 9.17) is 0 Å². The minimum absolute atomic E-state index is 0.0939. The number of aromatic nitrogens is 1. The number of thiazole rings is 1. The van der Waals surface area contributed by atoms with E-state index in [1.807, 2.05) is 6.07 Å². The number of nitrogens with zero attached hydrogens (tertiary/aromatic N) is 2. The maximum atomic E-state index is 11.9. The summed E-state index contributed by atoms with van der Waals surface area (Å²) in [7, 11) is -3.19. The topological polar surface area (TPSA) is 108 Å². The van der Waals surface area contributed by atoms with Gasteiger partial charge in [-0.15, -0.1) is 11.3 Å². The van der Waals surface area contributed by atoms with Crippen LogP contribution in [-0.2, 0) is 19.6 Å². The van der Waals surface area contributed by atoms with Gasteiger partial charge in [0.05, 0.1) is 21.5 Å². The Kier molecular flexibility index (Phi) is 4.78. The summed E-state index contributed by atoms with van der Waals surface area (Å²) in [6.45, 7) is 0.723. The number of sulfonamides is 1. The number of carbonyl (C=O) groups is 2. The Morgan fingerprint density at radius 1 is 1.29 bits per heavy atom. The number of rotatable bonds is 4. The minimum Gasteiger partial charge on any atom is -0.347 e. The van der Waals surface area contributed by atoms with Crippen molar-refractivity contribution in [2.45, 2.75) is 6.42 Å². The highest BCUT2D eigenvalue weighted by Crippen LogP contribution is 2.21. The maximum absolute atomic E-state index is 11.9. The third kappa shape index (κ3) is 3.71. The molecule has 10 heteroatoms. The first-order chi connectivity index (χ1) is 11.5. The first-order valence-corrected chi connectivity index (χ1v) is 9.85. The first-order valence-electron chi connectivity index (χ1n) is 7.36. The van der Waals surface area contributed by atoms with E-state index in [1.54, 1.807) is 17.6 Å². The Bertz CT molecular complexity index is 878. The van der Waals surface area contributed by atoms with Gasteiger partial charge < -0.3 is 10.6 Å². The average Bonchev–Trinajstić information content (AvgIpc) is 3.13. The Morgan fingerprint density at radius 2 is 2.12 bits per heavy atom. The van der Waals surface area contributed by atoms with Gasteiger partial charge in [-0.3, -0.25) is 9.59 Å². The summed E-state index contributed by atoms with van der Waals surface area (Å²) in [4.78, 5) is 27.8.